The van der Waals surface area contributed by atoms with Crippen LogP contribution in [0.5, 0.6) is 0 Å². The summed E-state index contributed by atoms with van der Waals surface area (Å²) >= 11 is 0. The van der Waals surface area contributed by atoms with Gasteiger partial charge in [0, 0.05) is 37.9 Å². The second-order valence-corrected chi connectivity index (χ2v) is 4.88. The van der Waals surface area contributed by atoms with Gasteiger partial charge in [-0.05, 0) is 24.7 Å². The van der Waals surface area contributed by atoms with Crippen molar-refractivity contribution in [2.24, 2.45) is 12.8 Å². The van der Waals surface area contributed by atoms with Crippen molar-refractivity contribution in [2.45, 2.75) is 12.6 Å². The van der Waals surface area contributed by atoms with Crippen molar-refractivity contribution in [3.8, 4) is 0 Å². The molecule has 0 aliphatic rings. The molecule has 1 heterocycles. The Morgan fingerprint density at radius 1 is 1.37 bits per heavy atom. The van der Waals surface area contributed by atoms with Crippen molar-refractivity contribution in [1.82, 2.24) is 14.7 Å². The Morgan fingerprint density at radius 2 is 2.05 bits per heavy atom. The second kappa shape index (κ2) is 5.95. The summed E-state index contributed by atoms with van der Waals surface area (Å²) in [4.78, 5) is 2.12. The third-order valence-electron chi connectivity index (χ3n) is 3.03. The molecule has 0 saturated carbocycles. The SMILES string of the molecule is CN(Cc1ccc(F)cc1)CC(N)c1cnn(C)c1. The van der Waals surface area contributed by atoms with E-state index in [1.807, 2.05) is 20.3 Å². The summed E-state index contributed by atoms with van der Waals surface area (Å²) in [5, 5.41) is 4.12. The molecule has 0 aliphatic heterocycles. The standard InChI is InChI=1S/C14H19FN4/c1-18(8-11-3-5-13(15)6-4-11)10-14(16)12-7-17-19(2)9-12/h3-7,9,14H,8,10,16H2,1-2H3. The number of likely N-dealkylation sites (N-methyl/N-ethyl adjacent to an activating group) is 1. The third-order valence-corrected chi connectivity index (χ3v) is 3.03. The topological polar surface area (TPSA) is 47.1 Å². The third kappa shape index (κ3) is 3.87. The number of nitrogens with two attached hydrogens (primary N) is 1. The lowest BCUT2D eigenvalue weighted by Crippen LogP contribution is -2.28. The highest BCUT2D eigenvalue weighted by Crippen LogP contribution is 2.12. The Hall–Kier alpha value is -1.72. The first-order valence-corrected chi connectivity index (χ1v) is 6.21. The van der Waals surface area contributed by atoms with E-state index in [9.17, 15) is 4.39 Å². The molecule has 1 unspecified atom stereocenters. The zero-order valence-corrected chi connectivity index (χ0v) is 11.3. The lowest BCUT2D eigenvalue weighted by molar-refractivity contribution is 0.305. The van der Waals surface area contributed by atoms with Gasteiger partial charge in [0.15, 0.2) is 0 Å². The number of rotatable bonds is 5. The van der Waals surface area contributed by atoms with Crippen LogP contribution in [0.4, 0.5) is 4.39 Å². The van der Waals surface area contributed by atoms with Crippen molar-refractivity contribution < 1.29 is 4.39 Å². The summed E-state index contributed by atoms with van der Waals surface area (Å²) in [6.45, 7) is 1.47. The van der Waals surface area contributed by atoms with E-state index < -0.39 is 0 Å². The molecular weight excluding hydrogens is 243 g/mol. The number of aryl methyl sites for hydroxylation is 1. The van der Waals surface area contributed by atoms with E-state index in [1.54, 1.807) is 23.0 Å². The summed E-state index contributed by atoms with van der Waals surface area (Å²) in [6.07, 6.45) is 3.72. The van der Waals surface area contributed by atoms with Crippen LogP contribution in [0.3, 0.4) is 0 Å². The van der Waals surface area contributed by atoms with Crippen LogP contribution < -0.4 is 5.73 Å². The summed E-state index contributed by atoms with van der Waals surface area (Å²) < 4.78 is 14.6. The maximum absolute atomic E-state index is 12.8. The van der Waals surface area contributed by atoms with Crippen LogP contribution in [0.1, 0.15) is 17.2 Å². The quantitative estimate of drug-likeness (QED) is 0.892. The Balaban J connectivity index is 1.90. The van der Waals surface area contributed by atoms with Crippen molar-refractivity contribution in [3.63, 3.8) is 0 Å². The van der Waals surface area contributed by atoms with Crippen LogP contribution in [-0.4, -0.2) is 28.3 Å². The maximum atomic E-state index is 12.8. The van der Waals surface area contributed by atoms with Gasteiger partial charge in [-0.25, -0.2) is 4.39 Å². The molecule has 102 valence electrons. The minimum absolute atomic E-state index is 0.0702. The molecule has 0 spiro atoms. The fourth-order valence-corrected chi connectivity index (χ4v) is 2.04. The van der Waals surface area contributed by atoms with Gasteiger partial charge >= 0.3 is 0 Å². The molecule has 2 N–H and O–H groups in total. The van der Waals surface area contributed by atoms with Crippen LogP contribution >= 0.6 is 0 Å². The first-order chi connectivity index (χ1) is 9.04. The van der Waals surface area contributed by atoms with E-state index in [0.29, 0.717) is 0 Å². The van der Waals surface area contributed by atoms with E-state index in [0.717, 1.165) is 24.2 Å². The molecule has 2 rings (SSSR count). The van der Waals surface area contributed by atoms with Crippen LogP contribution in [-0.2, 0) is 13.6 Å². The first kappa shape index (κ1) is 13.7. The van der Waals surface area contributed by atoms with Crippen LogP contribution in [0.25, 0.3) is 0 Å². The van der Waals surface area contributed by atoms with Gasteiger partial charge in [-0.3, -0.25) is 4.68 Å². The molecule has 0 amide bonds. The number of nitrogens with zero attached hydrogens (tertiary/aromatic N) is 3. The van der Waals surface area contributed by atoms with Crippen LogP contribution in [0.2, 0.25) is 0 Å². The zero-order chi connectivity index (χ0) is 13.8. The van der Waals surface area contributed by atoms with Gasteiger partial charge in [0.05, 0.1) is 6.20 Å². The smallest absolute Gasteiger partial charge is 0.123 e. The number of hydrogen-bond acceptors (Lipinski definition) is 3. The molecule has 0 bridgehead atoms. The predicted octanol–water partition coefficient (Wildman–Crippen LogP) is 1.69. The molecule has 0 aliphatic carbocycles. The Kier molecular flexibility index (Phi) is 4.29. The van der Waals surface area contributed by atoms with Gasteiger partial charge in [0.1, 0.15) is 5.82 Å². The van der Waals surface area contributed by atoms with Gasteiger partial charge in [-0.2, -0.15) is 5.10 Å². The maximum Gasteiger partial charge on any atom is 0.123 e. The molecule has 4 nitrogen and oxygen atoms in total. The normalized spacial score (nSPS) is 12.9. The largest absolute Gasteiger partial charge is 0.323 e. The van der Waals surface area contributed by atoms with E-state index in [-0.39, 0.29) is 11.9 Å². The molecule has 5 heteroatoms. The van der Waals surface area contributed by atoms with Gasteiger partial charge in [-0.15, -0.1) is 0 Å². The fraction of sp³-hybridized carbons (Fsp3) is 0.357. The molecule has 0 saturated heterocycles. The average Bonchev–Trinajstić information content (AvgIpc) is 2.79. The van der Waals surface area contributed by atoms with Crippen LogP contribution in [0, 0.1) is 5.82 Å². The fourth-order valence-electron chi connectivity index (χ4n) is 2.04. The zero-order valence-electron chi connectivity index (χ0n) is 11.3. The molecule has 0 fully saturated rings. The van der Waals surface area contributed by atoms with Crippen molar-refractivity contribution in [2.75, 3.05) is 13.6 Å². The molecule has 1 aromatic heterocycles. The minimum atomic E-state index is -0.210. The van der Waals surface area contributed by atoms with Crippen molar-refractivity contribution >= 4 is 0 Å². The average molecular weight is 262 g/mol. The van der Waals surface area contributed by atoms with E-state index >= 15 is 0 Å². The number of halogens is 1. The molecule has 0 radical (unpaired) electrons. The first-order valence-electron chi connectivity index (χ1n) is 6.21. The van der Waals surface area contributed by atoms with E-state index in [2.05, 4.69) is 10.00 Å². The Morgan fingerprint density at radius 3 is 2.63 bits per heavy atom. The van der Waals surface area contributed by atoms with Gasteiger partial charge < -0.3 is 10.6 Å². The highest BCUT2D eigenvalue weighted by Gasteiger charge is 2.11. The number of benzene rings is 1. The van der Waals surface area contributed by atoms with Crippen molar-refractivity contribution in [1.29, 1.82) is 0 Å². The van der Waals surface area contributed by atoms with Crippen LogP contribution in [0.15, 0.2) is 36.7 Å². The number of hydrogen-bond donors (Lipinski definition) is 1. The van der Waals surface area contributed by atoms with E-state index in [1.165, 1.54) is 12.1 Å². The summed E-state index contributed by atoms with van der Waals surface area (Å²) in [5.74, 6) is -0.210. The Bertz CT molecular complexity index is 520. The molecule has 19 heavy (non-hydrogen) atoms. The monoisotopic (exact) mass is 262 g/mol. The van der Waals surface area contributed by atoms with Gasteiger partial charge in [0.25, 0.3) is 0 Å². The minimum Gasteiger partial charge on any atom is -0.323 e. The lowest BCUT2D eigenvalue weighted by atomic mass is 10.1. The highest BCUT2D eigenvalue weighted by molar-refractivity contribution is 5.16. The predicted molar refractivity (Wildman–Crippen MR) is 72.9 cm³/mol. The van der Waals surface area contributed by atoms with Gasteiger partial charge in [-0.1, -0.05) is 12.1 Å². The van der Waals surface area contributed by atoms with E-state index in [4.69, 9.17) is 5.73 Å². The summed E-state index contributed by atoms with van der Waals surface area (Å²) in [5.41, 5.74) is 8.23. The highest BCUT2D eigenvalue weighted by atomic mass is 19.1. The molecular formula is C14H19FN4. The number of aromatic nitrogens is 2. The summed E-state index contributed by atoms with van der Waals surface area (Å²) in [6, 6.07) is 6.47. The summed E-state index contributed by atoms with van der Waals surface area (Å²) in [7, 11) is 3.87. The van der Waals surface area contributed by atoms with Gasteiger partial charge in [0.2, 0.25) is 0 Å². The Labute approximate surface area is 112 Å². The lowest BCUT2D eigenvalue weighted by Gasteiger charge is -2.20. The second-order valence-electron chi connectivity index (χ2n) is 4.88. The molecule has 2 aromatic rings. The molecule has 1 atom stereocenters. The van der Waals surface area contributed by atoms with Crippen molar-refractivity contribution in [3.05, 3.63) is 53.6 Å². The molecule has 1 aromatic carbocycles.